The highest BCUT2D eigenvalue weighted by atomic mass is 19.2. The Hall–Kier alpha value is -3.09. The predicted molar refractivity (Wildman–Crippen MR) is 90.9 cm³/mol. The van der Waals surface area contributed by atoms with E-state index in [1.54, 1.807) is 6.20 Å². The fourth-order valence-corrected chi connectivity index (χ4v) is 3.60. The zero-order valence-corrected chi connectivity index (χ0v) is 13.6. The van der Waals surface area contributed by atoms with E-state index in [1.165, 1.54) is 0 Å². The van der Waals surface area contributed by atoms with Crippen LogP contribution in [-0.4, -0.2) is 19.7 Å². The molecule has 0 amide bonds. The lowest BCUT2D eigenvalue weighted by Crippen LogP contribution is -1.98. The van der Waals surface area contributed by atoms with Crippen molar-refractivity contribution in [2.45, 2.75) is 19.4 Å². The lowest BCUT2D eigenvalue weighted by Gasteiger charge is -2.10. The summed E-state index contributed by atoms with van der Waals surface area (Å²) in [4.78, 5) is 4.55. The second-order valence-corrected chi connectivity index (χ2v) is 6.40. The van der Waals surface area contributed by atoms with Gasteiger partial charge in [-0.1, -0.05) is 6.07 Å². The van der Waals surface area contributed by atoms with Gasteiger partial charge in [-0.2, -0.15) is 5.10 Å². The largest absolute Gasteiger partial charge is 0.327 e. The maximum absolute atomic E-state index is 14.4. The summed E-state index contributed by atoms with van der Waals surface area (Å²) in [7, 11) is 0. The van der Waals surface area contributed by atoms with Crippen LogP contribution in [0, 0.1) is 17.5 Å². The average Bonchev–Trinajstić information content (AvgIpc) is 3.32. The van der Waals surface area contributed by atoms with Crippen LogP contribution in [0.5, 0.6) is 0 Å². The fourth-order valence-electron chi connectivity index (χ4n) is 3.60. The second kappa shape index (κ2) is 5.45. The van der Waals surface area contributed by atoms with Crippen LogP contribution in [0.25, 0.3) is 33.4 Å². The van der Waals surface area contributed by atoms with Crippen LogP contribution >= 0.6 is 0 Å². The number of aromatic amines is 1. The Kier molecular flexibility index (Phi) is 3.19. The van der Waals surface area contributed by atoms with E-state index in [0.717, 1.165) is 47.7 Å². The smallest absolute Gasteiger partial charge is 0.161 e. The number of nitrogens with zero attached hydrogens (tertiary/aromatic N) is 3. The second-order valence-electron chi connectivity index (χ2n) is 6.40. The molecule has 130 valence electrons. The number of hydrogen-bond acceptors (Lipinski definition) is 2. The fraction of sp³-hybridized carbons (Fsp3) is 0.158. The lowest BCUT2D eigenvalue weighted by molar-refractivity contribution is 0.496. The molecule has 7 heteroatoms. The van der Waals surface area contributed by atoms with Gasteiger partial charge in [0.2, 0.25) is 0 Å². The van der Waals surface area contributed by atoms with Crippen molar-refractivity contribution in [2.75, 3.05) is 0 Å². The Morgan fingerprint density at radius 2 is 1.85 bits per heavy atom. The number of aryl methyl sites for hydroxylation is 1. The van der Waals surface area contributed by atoms with E-state index in [-0.39, 0.29) is 5.56 Å². The third kappa shape index (κ3) is 2.16. The number of nitrogens with one attached hydrogen (secondary N) is 1. The van der Waals surface area contributed by atoms with Crippen LogP contribution in [0.15, 0.2) is 36.5 Å². The Morgan fingerprint density at radius 3 is 2.73 bits per heavy atom. The van der Waals surface area contributed by atoms with Gasteiger partial charge in [0.1, 0.15) is 11.6 Å². The summed E-state index contributed by atoms with van der Waals surface area (Å²) < 4.78 is 43.5. The highest BCUT2D eigenvalue weighted by Crippen LogP contribution is 2.38. The van der Waals surface area contributed by atoms with Crippen molar-refractivity contribution in [1.82, 2.24) is 19.7 Å². The van der Waals surface area contributed by atoms with E-state index in [0.29, 0.717) is 17.5 Å². The third-order valence-corrected chi connectivity index (χ3v) is 4.81. The van der Waals surface area contributed by atoms with Gasteiger partial charge in [0.15, 0.2) is 11.6 Å². The van der Waals surface area contributed by atoms with E-state index in [4.69, 9.17) is 0 Å². The number of H-pyrrole nitrogens is 1. The minimum absolute atomic E-state index is 0.0342. The molecule has 5 rings (SSSR count). The van der Waals surface area contributed by atoms with Gasteiger partial charge in [-0.05, 0) is 24.6 Å². The van der Waals surface area contributed by atoms with Crippen LogP contribution in [0.3, 0.4) is 0 Å². The number of hydrogen-bond donors (Lipinski definition) is 1. The molecule has 0 saturated carbocycles. The topological polar surface area (TPSA) is 46.5 Å². The van der Waals surface area contributed by atoms with E-state index >= 15 is 0 Å². The van der Waals surface area contributed by atoms with Crippen molar-refractivity contribution in [1.29, 1.82) is 0 Å². The average molecular weight is 354 g/mol. The maximum Gasteiger partial charge on any atom is 0.161 e. The first-order chi connectivity index (χ1) is 12.6. The molecule has 4 aromatic rings. The highest BCUT2D eigenvalue weighted by Gasteiger charge is 2.26. The van der Waals surface area contributed by atoms with Gasteiger partial charge >= 0.3 is 0 Å². The lowest BCUT2D eigenvalue weighted by atomic mass is 10.0. The minimum atomic E-state index is -1.21. The zero-order valence-electron chi connectivity index (χ0n) is 13.6. The molecule has 0 radical (unpaired) electrons. The summed E-state index contributed by atoms with van der Waals surface area (Å²) in [6, 6.07) is 7.16. The summed E-state index contributed by atoms with van der Waals surface area (Å²) >= 11 is 0. The third-order valence-electron chi connectivity index (χ3n) is 4.81. The Labute approximate surface area is 146 Å². The summed E-state index contributed by atoms with van der Waals surface area (Å²) in [5.41, 5.74) is 2.73. The van der Waals surface area contributed by atoms with Gasteiger partial charge in [0.25, 0.3) is 0 Å². The SMILES string of the molecule is Fc1cc(F)c(-c2nc3n(c2-c2ccc4[nH]ncc4c2)CCC3)cc1F. The minimum Gasteiger partial charge on any atom is -0.327 e. The molecule has 0 unspecified atom stereocenters. The van der Waals surface area contributed by atoms with E-state index in [9.17, 15) is 13.2 Å². The van der Waals surface area contributed by atoms with Crippen molar-refractivity contribution in [3.05, 3.63) is 59.8 Å². The molecular formula is C19H13F3N4. The molecule has 0 bridgehead atoms. The summed E-state index contributed by atoms with van der Waals surface area (Å²) in [6.07, 6.45) is 3.42. The van der Waals surface area contributed by atoms with E-state index < -0.39 is 17.5 Å². The summed E-state index contributed by atoms with van der Waals surface area (Å²) in [5.74, 6) is -2.30. The number of halogens is 3. The number of fused-ring (bicyclic) bond motifs is 2. The van der Waals surface area contributed by atoms with Crippen LogP contribution in [0.1, 0.15) is 12.2 Å². The molecule has 26 heavy (non-hydrogen) atoms. The first-order valence-corrected chi connectivity index (χ1v) is 8.29. The molecule has 0 spiro atoms. The van der Waals surface area contributed by atoms with Crippen molar-refractivity contribution < 1.29 is 13.2 Å². The molecule has 0 fully saturated rings. The summed E-state index contributed by atoms with van der Waals surface area (Å²) in [5, 5.41) is 7.81. The molecule has 1 aliphatic heterocycles. The van der Waals surface area contributed by atoms with Crippen LogP contribution in [0.2, 0.25) is 0 Å². The molecule has 0 saturated heterocycles. The Bertz CT molecular complexity index is 1160. The standard InChI is InChI=1S/C19H13F3N4/c20-13-8-15(22)14(21)7-12(13)18-19(26-5-1-2-17(26)24-18)10-3-4-16-11(6-10)9-23-25-16/h3-4,6-9H,1-2,5H2,(H,23,25). The molecule has 2 aromatic heterocycles. The first-order valence-electron chi connectivity index (χ1n) is 8.29. The van der Waals surface area contributed by atoms with E-state index in [1.807, 2.05) is 22.8 Å². The van der Waals surface area contributed by atoms with Crippen molar-refractivity contribution in [3.63, 3.8) is 0 Å². The molecular weight excluding hydrogens is 341 g/mol. The zero-order chi connectivity index (χ0) is 17.8. The number of aromatic nitrogens is 4. The monoisotopic (exact) mass is 354 g/mol. The summed E-state index contributed by atoms with van der Waals surface area (Å²) in [6.45, 7) is 0.756. The van der Waals surface area contributed by atoms with E-state index in [2.05, 4.69) is 15.2 Å². The van der Waals surface area contributed by atoms with Gasteiger partial charge < -0.3 is 4.57 Å². The maximum atomic E-state index is 14.4. The molecule has 4 nitrogen and oxygen atoms in total. The number of imidazole rings is 1. The van der Waals surface area contributed by atoms with Gasteiger partial charge in [0, 0.05) is 35.5 Å². The molecule has 0 aliphatic carbocycles. The van der Waals surface area contributed by atoms with Gasteiger partial charge in [-0.15, -0.1) is 0 Å². The number of benzene rings is 2. The molecule has 3 heterocycles. The van der Waals surface area contributed by atoms with Gasteiger partial charge in [0.05, 0.1) is 23.1 Å². The normalized spacial score (nSPS) is 13.5. The Morgan fingerprint density at radius 1 is 1.00 bits per heavy atom. The highest BCUT2D eigenvalue weighted by molar-refractivity contribution is 5.87. The Balaban J connectivity index is 1.78. The predicted octanol–water partition coefficient (Wildman–Crippen LogP) is 4.46. The molecule has 0 atom stereocenters. The van der Waals surface area contributed by atoms with Crippen LogP contribution < -0.4 is 0 Å². The quantitative estimate of drug-likeness (QED) is 0.541. The van der Waals surface area contributed by atoms with Gasteiger partial charge in [-0.3, -0.25) is 5.10 Å². The molecule has 1 aliphatic rings. The molecule has 2 aromatic carbocycles. The van der Waals surface area contributed by atoms with Crippen molar-refractivity contribution >= 4 is 10.9 Å². The van der Waals surface area contributed by atoms with Gasteiger partial charge in [-0.25, -0.2) is 18.2 Å². The van der Waals surface area contributed by atoms with Crippen LogP contribution in [-0.2, 0) is 13.0 Å². The molecule has 1 N–H and O–H groups in total. The van der Waals surface area contributed by atoms with Crippen molar-refractivity contribution in [2.24, 2.45) is 0 Å². The first kappa shape index (κ1) is 15.2. The van der Waals surface area contributed by atoms with Crippen LogP contribution in [0.4, 0.5) is 13.2 Å². The van der Waals surface area contributed by atoms with Crippen molar-refractivity contribution in [3.8, 4) is 22.5 Å². The number of rotatable bonds is 2.